The maximum absolute atomic E-state index is 10.8. The van der Waals surface area contributed by atoms with Gasteiger partial charge < -0.3 is 19.8 Å². The average molecular weight is 239 g/mol. The minimum Gasteiger partial charge on any atom is -0.495 e. The summed E-state index contributed by atoms with van der Waals surface area (Å²) in [5.41, 5.74) is -1.06. The summed E-state index contributed by atoms with van der Waals surface area (Å²) in [6, 6.07) is 7.23. The zero-order chi connectivity index (χ0) is 13.1. The number of anilines is 1. The lowest BCUT2D eigenvalue weighted by Gasteiger charge is -2.28. The minimum atomic E-state index is -1.80. The highest BCUT2D eigenvalue weighted by molar-refractivity contribution is 5.77. The van der Waals surface area contributed by atoms with Crippen LogP contribution < -0.4 is 9.64 Å². The summed E-state index contributed by atoms with van der Waals surface area (Å²) in [6.45, 7) is 1.24. The lowest BCUT2D eigenvalue weighted by atomic mass is 10.1. The molecule has 1 aromatic rings. The fourth-order valence-corrected chi connectivity index (χ4v) is 1.56. The summed E-state index contributed by atoms with van der Waals surface area (Å²) in [5, 5.41) is 18.6. The van der Waals surface area contributed by atoms with Crippen LogP contribution >= 0.6 is 0 Å². The number of aliphatic hydroxyl groups is 1. The van der Waals surface area contributed by atoms with E-state index in [1.165, 1.54) is 6.92 Å². The number of benzene rings is 1. The quantitative estimate of drug-likeness (QED) is 0.801. The van der Waals surface area contributed by atoms with E-state index in [0.717, 1.165) is 5.69 Å². The number of carboxylic acids is 1. The van der Waals surface area contributed by atoms with E-state index in [0.29, 0.717) is 5.75 Å². The molecule has 0 amide bonds. The van der Waals surface area contributed by atoms with Gasteiger partial charge in [0.15, 0.2) is 5.60 Å². The van der Waals surface area contributed by atoms with Crippen LogP contribution in [0.25, 0.3) is 0 Å². The van der Waals surface area contributed by atoms with E-state index in [2.05, 4.69) is 0 Å². The van der Waals surface area contributed by atoms with E-state index in [9.17, 15) is 9.90 Å². The van der Waals surface area contributed by atoms with Crippen molar-refractivity contribution in [1.82, 2.24) is 0 Å². The fourth-order valence-electron chi connectivity index (χ4n) is 1.56. The van der Waals surface area contributed by atoms with Gasteiger partial charge in [0.1, 0.15) is 5.75 Å². The molecule has 5 heteroatoms. The summed E-state index contributed by atoms with van der Waals surface area (Å²) in [5.74, 6) is -0.615. The molecule has 1 aromatic carbocycles. The van der Waals surface area contributed by atoms with Crippen molar-refractivity contribution in [3.63, 3.8) is 0 Å². The Balaban J connectivity index is 2.90. The van der Waals surface area contributed by atoms with Crippen LogP contribution in [-0.2, 0) is 4.79 Å². The molecule has 0 aliphatic rings. The van der Waals surface area contributed by atoms with Crippen LogP contribution in [0, 0.1) is 0 Å². The van der Waals surface area contributed by atoms with E-state index in [1.807, 2.05) is 12.1 Å². The number of methoxy groups -OCH3 is 1. The molecule has 1 rings (SSSR count). The molecule has 0 aliphatic heterocycles. The highest BCUT2D eigenvalue weighted by atomic mass is 16.5. The van der Waals surface area contributed by atoms with Crippen molar-refractivity contribution >= 4 is 11.7 Å². The zero-order valence-electron chi connectivity index (χ0n) is 10.2. The Morgan fingerprint density at radius 1 is 1.47 bits per heavy atom. The number of hydrogen-bond donors (Lipinski definition) is 2. The average Bonchev–Trinajstić information content (AvgIpc) is 2.28. The molecule has 0 saturated heterocycles. The number of carbonyl (C=O) groups is 1. The molecular formula is C12H17NO4. The molecule has 17 heavy (non-hydrogen) atoms. The molecule has 0 bridgehead atoms. The molecule has 1 unspecified atom stereocenters. The number of likely N-dealkylation sites (N-methyl/N-ethyl adjacent to an activating group) is 1. The third kappa shape index (κ3) is 3.10. The normalized spacial score (nSPS) is 13.9. The number of carboxylic acid groups (broad SMARTS) is 1. The maximum Gasteiger partial charge on any atom is 0.337 e. The summed E-state index contributed by atoms with van der Waals surface area (Å²) in [7, 11) is 3.25. The molecule has 0 radical (unpaired) electrons. The summed E-state index contributed by atoms with van der Waals surface area (Å²) < 4.78 is 5.17. The van der Waals surface area contributed by atoms with Crippen molar-refractivity contribution in [2.75, 3.05) is 25.6 Å². The highest BCUT2D eigenvalue weighted by Crippen LogP contribution is 2.27. The predicted octanol–water partition coefficient (Wildman–Crippen LogP) is 0.967. The largest absolute Gasteiger partial charge is 0.495 e. The van der Waals surface area contributed by atoms with Gasteiger partial charge >= 0.3 is 5.97 Å². The van der Waals surface area contributed by atoms with Crippen molar-refractivity contribution in [3.8, 4) is 5.75 Å². The van der Waals surface area contributed by atoms with Crippen LogP contribution in [0.4, 0.5) is 5.69 Å². The van der Waals surface area contributed by atoms with Crippen LogP contribution in [-0.4, -0.2) is 42.5 Å². The van der Waals surface area contributed by atoms with Gasteiger partial charge in [-0.25, -0.2) is 4.79 Å². The van der Waals surface area contributed by atoms with Crippen molar-refractivity contribution in [2.45, 2.75) is 12.5 Å². The third-order valence-corrected chi connectivity index (χ3v) is 2.50. The lowest BCUT2D eigenvalue weighted by molar-refractivity contribution is -0.155. The third-order valence-electron chi connectivity index (χ3n) is 2.50. The predicted molar refractivity (Wildman–Crippen MR) is 64.5 cm³/mol. The molecule has 0 fully saturated rings. The number of hydrogen-bond acceptors (Lipinski definition) is 4. The van der Waals surface area contributed by atoms with E-state index >= 15 is 0 Å². The first-order valence-electron chi connectivity index (χ1n) is 5.18. The lowest BCUT2D eigenvalue weighted by Crippen LogP contribution is -2.45. The summed E-state index contributed by atoms with van der Waals surface area (Å²) in [4.78, 5) is 12.5. The topological polar surface area (TPSA) is 70.0 Å². The molecule has 0 heterocycles. The Bertz CT molecular complexity index is 403. The zero-order valence-corrected chi connectivity index (χ0v) is 10.2. The summed E-state index contributed by atoms with van der Waals surface area (Å²) >= 11 is 0. The molecule has 0 saturated carbocycles. The van der Waals surface area contributed by atoms with Crippen LogP contribution in [0.1, 0.15) is 6.92 Å². The van der Waals surface area contributed by atoms with E-state index in [1.54, 1.807) is 31.2 Å². The Kier molecular flexibility index (Phi) is 3.96. The smallest absolute Gasteiger partial charge is 0.337 e. The van der Waals surface area contributed by atoms with Gasteiger partial charge in [-0.3, -0.25) is 0 Å². The van der Waals surface area contributed by atoms with E-state index < -0.39 is 11.6 Å². The Morgan fingerprint density at radius 3 is 2.59 bits per heavy atom. The number of aliphatic carboxylic acids is 1. The van der Waals surface area contributed by atoms with Crippen LogP contribution in [0.15, 0.2) is 24.3 Å². The maximum atomic E-state index is 10.8. The standard InChI is InChI=1S/C12H17NO4/c1-12(16,11(14)15)8-13(2)9-6-4-5-7-10(9)17-3/h4-7,16H,8H2,1-3H3,(H,14,15). The Labute approximate surface area is 100 Å². The van der Waals surface area contributed by atoms with Crippen molar-refractivity contribution in [1.29, 1.82) is 0 Å². The first-order valence-corrected chi connectivity index (χ1v) is 5.18. The van der Waals surface area contributed by atoms with Gasteiger partial charge in [-0.15, -0.1) is 0 Å². The van der Waals surface area contributed by atoms with Gasteiger partial charge in [-0.2, -0.15) is 0 Å². The molecule has 1 atom stereocenters. The van der Waals surface area contributed by atoms with E-state index in [-0.39, 0.29) is 6.54 Å². The molecular weight excluding hydrogens is 222 g/mol. The van der Waals surface area contributed by atoms with Gasteiger partial charge in [-0.1, -0.05) is 12.1 Å². The monoisotopic (exact) mass is 239 g/mol. The highest BCUT2D eigenvalue weighted by Gasteiger charge is 2.31. The van der Waals surface area contributed by atoms with Gasteiger partial charge in [0, 0.05) is 7.05 Å². The van der Waals surface area contributed by atoms with Gasteiger partial charge in [-0.05, 0) is 19.1 Å². The fraction of sp³-hybridized carbons (Fsp3) is 0.417. The SMILES string of the molecule is COc1ccccc1N(C)CC(C)(O)C(=O)O. The molecule has 2 N–H and O–H groups in total. The molecule has 94 valence electrons. The molecule has 5 nitrogen and oxygen atoms in total. The van der Waals surface area contributed by atoms with Crippen LogP contribution in [0.3, 0.4) is 0 Å². The number of rotatable bonds is 5. The van der Waals surface area contributed by atoms with Gasteiger partial charge in [0.2, 0.25) is 0 Å². The number of para-hydroxylation sites is 2. The van der Waals surface area contributed by atoms with Crippen LogP contribution in [0.2, 0.25) is 0 Å². The second-order valence-corrected chi connectivity index (χ2v) is 4.11. The second kappa shape index (κ2) is 5.05. The second-order valence-electron chi connectivity index (χ2n) is 4.11. The first-order chi connectivity index (χ1) is 7.88. The Morgan fingerprint density at radius 2 is 2.06 bits per heavy atom. The molecule has 0 spiro atoms. The molecule has 0 aromatic heterocycles. The number of nitrogens with zero attached hydrogens (tertiary/aromatic N) is 1. The van der Waals surface area contributed by atoms with Crippen molar-refractivity contribution < 1.29 is 19.7 Å². The van der Waals surface area contributed by atoms with Crippen molar-refractivity contribution in [2.24, 2.45) is 0 Å². The minimum absolute atomic E-state index is 0.0251. The van der Waals surface area contributed by atoms with Gasteiger partial charge in [0.25, 0.3) is 0 Å². The van der Waals surface area contributed by atoms with E-state index in [4.69, 9.17) is 9.84 Å². The van der Waals surface area contributed by atoms with Crippen molar-refractivity contribution in [3.05, 3.63) is 24.3 Å². The number of ether oxygens (including phenoxy) is 1. The first kappa shape index (κ1) is 13.3. The Hall–Kier alpha value is -1.75. The van der Waals surface area contributed by atoms with Crippen LogP contribution in [0.5, 0.6) is 5.75 Å². The van der Waals surface area contributed by atoms with Gasteiger partial charge in [0.05, 0.1) is 19.3 Å². The molecule has 0 aliphatic carbocycles. The summed E-state index contributed by atoms with van der Waals surface area (Å²) in [6.07, 6.45) is 0.